The first-order valence-electron chi connectivity index (χ1n) is 5.80. The average molecular weight is 383 g/mol. The topological polar surface area (TPSA) is 18.5 Å². The van der Waals surface area contributed by atoms with E-state index in [9.17, 15) is 22.0 Å². The molecule has 0 unspecified atom stereocenters. The average Bonchev–Trinajstić information content (AvgIpc) is 2.42. The summed E-state index contributed by atoms with van der Waals surface area (Å²) in [6, 6.07) is 4.67. The molecule has 118 valence electrons. The van der Waals surface area contributed by atoms with Crippen LogP contribution in [-0.2, 0) is 6.18 Å². The molecule has 0 heterocycles. The standard InChI is InChI=1S/C14H8BrF5O2/c1-21-8-2-3-12(9(15)6-8)22-13-10(16)4-7(5-11(13)17)14(18,19)20/h2-6H,1H3. The molecule has 0 aliphatic heterocycles. The molecule has 0 saturated carbocycles. The van der Waals surface area contributed by atoms with Crippen LogP contribution in [0.5, 0.6) is 17.2 Å². The summed E-state index contributed by atoms with van der Waals surface area (Å²) in [7, 11) is 1.43. The lowest BCUT2D eigenvalue weighted by molar-refractivity contribution is -0.138. The number of hydrogen-bond donors (Lipinski definition) is 0. The third-order valence-electron chi connectivity index (χ3n) is 2.68. The molecule has 0 saturated heterocycles. The second kappa shape index (κ2) is 6.12. The van der Waals surface area contributed by atoms with Gasteiger partial charge in [0.15, 0.2) is 17.4 Å². The van der Waals surface area contributed by atoms with Crippen molar-refractivity contribution in [3.8, 4) is 17.2 Å². The zero-order valence-electron chi connectivity index (χ0n) is 11.0. The van der Waals surface area contributed by atoms with Gasteiger partial charge in [0.05, 0.1) is 17.1 Å². The van der Waals surface area contributed by atoms with E-state index in [1.54, 1.807) is 0 Å². The van der Waals surface area contributed by atoms with Crippen molar-refractivity contribution in [1.82, 2.24) is 0 Å². The predicted octanol–water partition coefficient (Wildman–Crippen LogP) is 5.55. The molecular weight excluding hydrogens is 375 g/mol. The molecule has 0 fully saturated rings. The first kappa shape index (κ1) is 16.5. The summed E-state index contributed by atoms with van der Waals surface area (Å²) in [5.74, 6) is -3.32. The van der Waals surface area contributed by atoms with Gasteiger partial charge in [0.1, 0.15) is 11.5 Å². The van der Waals surface area contributed by atoms with Crippen molar-refractivity contribution in [2.45, 2.75) is 6.18 Å². The van der Waals surface area contributed by atoms with Gasteiger partial charge in [-0.1, -0.05) is 0 Å². The molecule has 2 nitrogen and oxygen atoms in total. The molecule has 2 aromatic carbocycles. The van der Waals surface area contributed by atoms with Crippen LogP contribution < -0.4 is 9.47 Å². The van der Waals surface area contributed by atoms with Crippen molar-refractivity contribution in [2.24, 2.45) is 0 Å². The highest BCUT2D eigenvalue weighted by atomic mass is 79.9. The van der Waals surface area contributed by atoms with Crippen molar-refractivity contribution in [3.63, 3.8) is 0 Å². The summed E-state index contributed by atoms with van der Waals surface area (Å²) in [5.41, 5.74) is -1.43. The van der Waals surface area contributed by atoms with E-state index in [1.807, 2.05) is 0 Å². The fourth-order valence-corrected chi connectivity index (χ4v) is 2.06. The smallest absolute Gasteiger partial charge is 0.416 e. The maximum atomic E-state index is 13.7. The van der Waals surface area contributed by atoms with Crippen LogP contribution >= 0.6 is 15.9 Å². The van der Waals surface area contributed by atoms with Gasteiger partial charge in [0, 0.05) is 0 Å². The summed E-state index contributed by atoms with van der Waals surface area (Å²) in [4.78, 5) is 0. The van der Waals surface area contributed by atoms with E-state index < -0.39 is 29.1 Å². The van der Waals surface area contributed by atoms with Gasteiger partial charge in [0.25, 0.3) is 0 Å². The number of benzene rings is 2. The second-order valence-electron chi connectivity index (χ2n) is 4.17. The van der Waals surface area contributed by atoms with E-state index in [0.29, 0.717) is 10.2 Å². The molecule has 0 N–H and O–H groups in total. The molecule has 2 aromatic rings. The van der Waals surface area contributed by atoms with Gasteiger partial charge in [-0.3, -0.25) is 0 Å². The third-order valence-corrected chi connectivity index (χ3v) is 3.30. The number of alkyl halides is 3. The molecule has 22 heavy (non-hydrogen) atoms. The van der Waals surface area contributed by atoms with Crippen LogP contribution in [0.2, 0.25) is 0 Å². The summed E-state index contributed by atoms with van der Waals surface area (Å²) in [6.07, 6.45) is -4.85. The number of hydrogen-bond acceptors (Lipinski definition) is 2. The fourth-order valence-electron chi connectivity index (χ4n) is 1.62. The Balaban J connectivity index is 2.38. The van der Waals surface area contributed by atoms with Crippen molar-refractivity contribution in [1.29, 1.82) is 0 Å². The Morgan fingerprint density at radius 2 is 1.59 bits per heavy atom. The Morgan fingerprint density at radius 3 is 2.05 bits per heavy atom. The summed E-state index contributed by atoms with van der Waals surface area (Å²) in [5, 5.41) is 0. The largest absolute Gasteiger partial charge is 0.497 e. The van der Waals surface area contributed by atoms with Gasteiger partial charge < -0.3 is 9.47 Å². The minimum atomic E-state index is -4.85. The number of ether oxygens (including phenoxy) is 2. The van der Waals surface area contributed by atoms with Crippen LogP contribution in [0.25, 0.3) is 0 Å². The highest BCUT2D eigenvalue weighted by molar-refractivity contribution is 9.10. The molecule has 0 spiro atoms. The minimum Gasteiger partial charge on any atom is -0.497 e. The van der Waals surface area contributed by atoms with Gasteiger partial charge >= 0.3 is 6.18 Å². The van der Waals surface area contributed by atoms with Gasteiger partial charge in [-0.2, -0.15) is 13.2 Å². The van der Waals surface area contributed by atoms with E-state index in [2.05, 4.69) is 15.9 Å². The molecule has 0 atom stereocenters. The van der Waals surface area contributed by atoms with Crippen LogP contribution in [-0.4, -0.2) is 7.11 Å². The van der Waals surface area contributed by atoms with Gasteiger partial charge in [-0.15, -0.1) is 0 Å². The van der Waals surface area contributed by atoms with E-state index in [1.165, 1.54) is 25.3 Å². The van der Waals surface area contributed by atoms with Crippen LogP contribution in [0.15, 0.2) is 34.8 Å². The van der Waals surface area contributed by atoms with E-state index in [4.69, 9.17) is 9.47 Å². The zero-order chi connectivity index (χ0) is 16.5. The predicted molar refractivity (Wildman–Crippen MR) is 72.1 cm³/mol. The zero-order valence-corrected chi connectivity index (χ0v) is 12.6. The third kappa shape index (κ3) is 3.49. The lowest BCUT2D eigenvalue weighted by Crippen LogP contribution is -2.07. The normalized spacial score (nSPS) is 11.4. The Hall–Kier alpha value is -1.83. The maximum absolute atomic E-state index is 13.7. The summed E-state index contributed by atoms with van der Waals surface area (Å²) in [6.45, 7) is 0. The van der Waals surface area contributed by atoms with Crippen LogP contribution in [0.1, 0.15) is 5.56 Å². The van der Waals surface area contributed by atoms with Crippen LogP contribution in [0, 0.1) is 11.6 Å². The highest BCUT2D eigenvalue weighted by Gasteiger charge is 2.33. The molecule has 0 aromatic heterocycles. The number of methoxy groups -OCH3 is 1. The Morgan fingerprint density at radius 1 is 1.00 bits per heavy atom. The molecule has 0 amide bonds. The maximum Gasteiger partial charge on any atom is 0.416 e. The lowest BCUT2D eigenvalue weighted by Gasteiger charge is -2.13. The Labute approximate surface area is 130 Å². The van der Waals surface area contributed by atoms with Crippen LogP contribution in [0.4, 0.5) is 22.0 Å². The van der Waals surface area contributed by atoms with Gasteiger partial charge in [0.2, 0.25) is 0 Å². The molecule has 0 bridgehead atoms. The van der Waals surface area contributed by atoms with Crippen molar-refractivity contribution < 1.29 is 31.4 Å². The molecule has 2 rings (SSSR count). The fraction of sp³-hybridized carbons (Fsp3) is 0.143. The second-order valence-corrected chi connectivity index (χ2v) is 5.02. The van der Waals surface area contributed by atoms with E-state index in [-0.39, 0.29) is 17.9 Å². The highest BCUT2D eigenvalue weighted by Crippen LogP contribution is 2.38. The quantitative estimate of drug-likeness (QED) is 0.648. The molecular formula is C14H8BrF5O2. The van der Waals surface area contributed by atoms with E-state index >= 15 is 0 Å². The van der Waals surface area contributed by atoms with Gasteiger partial charge in [-0.05, 0) is 46.3 Å². The molecule has 0 radical (unpaired) electrons. The van der Waals surface area contributed by atoms with Crippen LogP contribution in [0.3, 0.4) is 0 Å². The summed E-state index contributed by atoms with van der Waals surface area (Å²) >= 11 is 3.11. The lowest BCUT2D eigenvalue weighted by atomic mass is 10.2. The van der Waals surface area contributed by atoms with Gasteiger partial charge in [-0.25, -0.2) is 8.78 Å². The number of halogens is 6. The van der Waals surface area contributed by atoms with Crippen molar-refractivity contribution in [2.75, 3.05) is 7.11 Å². The molecule has 0 aliphatic rings. The SMILES string of the molecule is COc1ccc(Oc2c(F)cc(C(F)(F)F)cc2F)c(Br)c1. The monoisotopic (exact) mass is 382 g/mol. The van der Waals surface area contributed by atoms with Crippen molar-refractivity contribution >= 4 is 15.9 Å². The number of rotatable bonds is 3. The van der Waals surface area contributed by atoms with Crippen molar-refractivity contribution in [3.05, 3.63) is 52.0 Å². The Kier molecular flexibility index (Phi) is 4.60. The molecule has 0 aliphatic carbocycles. The van der Waals surface area contributed by atoms with E-state index in [0.717, 1.165) is 0 Å². The summed E-state index contributed by atoms with van der Waals surface area (Å²) < 4.78 is 75.1. The minimum absolute atomic E-state index is 0.0263. The Bertz CT molecular complexity index is 677. The molecule has 8 heteroatoms. The first-order chi connectivity index (χ1) is 10.2. The first-order valence-corrected chi connectivity index (χ1v) is 6.59.